The maximum atomic E-state index is 12.8. The van der Waals surface area contributed by atoms with Crippen LogP contribution in [0.1, 0.15) is 27.5 Å². The van der Waals surface area contributed by atoms with E-state index in [2.05, 4.69) is 15.3 Å². The lowest BCUT2D eigenvalue weighted by atomic mass is 10.2. The number of thiophene rings is 1. The molecule has 1 saturated heterocycles. The van der Waals surface area contributed by atoms with Gasteiger partial charge in [0.2, 0.25) is 10.0 Å². The Morgan fingerprint density at radius 1 is 1.14 bits per heavy atom. The van der Waals surface area contributed by atoms with Crippen LogP contribution in [0.4, 0.5) is 0 Å². The van der Waals surface area contributed by atoms with Crippen molar-refractivity contribution in [3.05, 3.63) is 51.2 Å². The highest BCUT2D eigenvalue weighted by Crippen LogP contribution is 2.28. The summed E-state index contributed by atoms with van der Waals surface area (Å²) in [5, 5.41) is 7.11. The number of carbonyl (C=O) groups excluding carboxylic acids is 1. The molecule has 4 rings (SSSR count). The van der Waals surface area contributed by atoms with Crippen molar-refractivity contribution in [2.24, 2.45) is 0 Å². The summed E-state index contributed by atoms with van der Waals surface area (Å²) >= 11 is 2.58. The van der Waals surface area contributed by atoms with Gasteiger partial charge in [-0.3, -0.25) is 9.78 Å². The first-order chi connectivity index (χ1) is 13.6. The molecule has 0 aromatic carbocycles. The van der Waals surface area contributed by atoms with Crippen molar-refractivity contribution in [2.45, 2.75) is 24.3 Å². The van der Waals surface area contributed by atoms with E-state index < -0.39 is 15.9 Å². The Labute approximate surface area is 171 Å². The summed E-state index contributed by atoms with van der Waals surface area (Å²) in [7, 11) is -3.62. The quantitative estimate of drug-likeness (QED) is 0.644. The van der Waals surface area contributed by atoms with E-state index in [1.54, 1.807) is 17.8 Å². The molecule has 1 N–H and O–H groups in total. The van der Waals surface area contributed by atoms with Gasteiger partial charge < -0.3 is 5.32 Å². The van der Waals surface area contributed by atoms with Gasteiger partial charge in [0.25, 0.3) is 5.91 Å². The number of sulfonamides is 1. The van der Waals surface area contributed by atoms with Gasteiger partial charge in [-0.05, 0) is 36.4 Å². The van der Waals surface area contributed by atoms with Crippen LogP contribution in [0, 0.1) is 0 Å². The first-order valence-corrected chi connectivity index (χ1v) is 12.0. The predicted molar refractivity (Wildman–Crippen MR) is 109 cm³/mol. The van der Waals surface area contributed by atoms with Gasteiger partial charge in [0.15, 0.2) is 0 Å². The van der Waals surface area contributed by atoms with Crippen LogP contribution in [0.2, 0.25) is 0 Å². The molecule has 1 fully saturated rings. The van der Waals surface area contributed by atoms with Gasteiger partial charge in [0, 0.05) is 36.4 Å². The Morgan fingerprint density at radius 3 is 2.64 bits per heavy atom. The topological polar surface area (TPSA) is 92.3 Å². The minimum absolute atomic E-state index is 0.0912. The molecule has 0 atom stereocenters. The SMILES string of the molecule is O=C(NCc1nc(-c2ccncc2)cs1)c1sccc1S(=O)(=O)N1CCCC1. The molecule has 10 heteroatoms. The highest BCUT2D eigenvalue weighted by molar-refractivity contribution is 7.89. The molecule has 0 saturated carbocycles. The van der Waals surface area contributed by atoms with Crippen molar-refractivity contribution in [3.63, 3.8) is 0 Å². The minimum atomic E-state index is -3.62. The summed E-state index contributed by atoms with van der Waals surface area (Å²) < 4.78 is 27.0. The smallest absolute Gasteiger partial charge is 0.263 e. The number of carbonyl (C=O) groups is 1. The molecular formula is C18H18N4O3S3. The Bertz CT molecular complexity index is 1070. The van der Waals surface area contributed by atoms with Gasteiger partial charge in [-0.15, -0.1) is 22.7 Å². The molecular weight excluding hydrogens is 416 g/mol. The molecule has 4 heterocycles. The second-order valence-electron chi connectivity index (χ2n) is 6.27. The highest BCUT2D eigenvalue weighted by atomic mass is 32.2. The van der Waals surface area contributed by atoms with Crippen LogP contribution in [-0.4, -0.2) is 41.7 Å². The Balaban J connectivity index is 1.46. The van der Waals surface area contributed by atoms with E-state index in [4.69, 9.17) is 0 Å². The van der Waals surface area contributed by atoms with Crippen LogP contribution < -0.4 is 5.32 Å². The van der Waals surface area contributed by atoms with E-state index >= 15 is 0 Å². The summed E-state index contributed by atoms with van der Waals surface area (Å²) in [6.07, 6.45) is 5.12. The second kappa shape index (κ2) is 8.08. The lowest BCUT2D eigenvalue weighted by Crippen LogP contribution is -2.30. The Hall–Kier alpha value is -2.14. The van der Waals surface area contributed by atoms with Crippen LogP contribution in [0.15, 0.2) is 46.2 Å². The van der Waals surface area contributed by atoms with E-state index in [1.807, 2.05) is 17.5 Å². The average molecular weight is 435 g/mol. The van der Waals surface area contributed by atoms with Crippen LogP contribution in [0.5, 0.6) is 0 Å². The largest absolute Gasteiger partial charge is 0.345 e. The zero-order valence-electron chi connectivity index (χ0n) is 14.9. The monoisotopic (exact) mass is 434 g/mol. The first-order valence-electron chi connectivity index (χ1n) is 8.76. The fourth-order valence-electron chi connectivity index (χ4n) is 3.02. The number of hydrogen-bond donors (Lipinski definition) is 1. The van der Waals surface area contributed by atoms with E-state index in [0.29, 0.717) is 13.1 Å². The van der Waals surface area contributed by atoms with E-state index in [9.17, 15) is 13.2 Å². The van der Waals surface area contributed by atoms with Crippen LogP contribution >= 0.6 is 22.7 Å². The van der Waals surface area contributed by atoms with Crippen molar-refractivity contribution in [1.82, 2.24) is 19.6 Å². The number of pyridine rings is 1. The maximum absolute atomic E-state index is 12.8. The predicted octanol–water partition coefficient (Wildman–Crippen LogP) is 2.98. The molecule has 1 aliphatic heterocycles. The molecule has 0 aliphatic carbocycles. The van der Waals surface area contributed by atoms with Crippen LogP contribution in [0.25, 0.3) is 11.3 Å². The first kappa shape index (κ1) is 19.2. The summed E-state index contributed by atoms with van der Waals surface area (Å²) in [6.45, 7) is 1.27. The van der Waals surface area contributed by atoms with Gasteiger partial charge in [-0.25, -0.2) is 13.4 Å². The lowest BCUT2D eigenvalue weighted by molar-refractivity contribution is 0.0952. The average Bonchev–Trinajstić information content (AvgIpc) is 3.48. The Kier molecular flexibility index (Phi) is 5.54. The van der Waals surface area contributed by atoms with E-state index in [-0.39, 0.29) is 16.3 Å². The lowest BCUT2D eigenvalue weighted by Gasteiger charge is -2.15. The van der Waals surface area contributed by atoms with Gasteiger partial charge in [0.1, 0.15) is 14.8 Å². The number of nitrogens with one attached hydrogen (secondary N) is 1. The normalized spacial score (nSPS) is 15.0. The molecule has 3 aromatic heterocycles. The third-order valence-corrected chi connectivity index (χ3v) is 8.28. The van der Waals surface area contributed by atoms with Crippen molar-refractivity contribution in [1.29, 1.82) is 0 Å². The third-order valence-electron chi connectivity index (χ3n) is 4.45. The number of aromatic nitrogens is 2. The zero-order valence-corrected chi connectivity index (χ0v) is 17.3. The molecule has 3 aromatic rings. The second-order valence-corrected chi connectivity index (χ2v) is 10.0. The molecule has 7 nitrogen and oxygen atoms in total. The summed E-state index contributed by atoms with van der Waals surface area (Å²) in [6, 6.07) is 5.26. The number of amides is 1. The molecule has 146 valence electrons. The number of hydrogen-bond acceptors (Lipinski definition) is 7. The minimum Gasteiger partial charge on any atom is -0.345 e. The maximum Gasteiger partial charge on any atom is 0.263 e. The summed E-state index contributed by atoms with van der Waals surface area (Å²) in [4.78, 5) is 21.4. The van der Waals surface area contributed by atoms with Gasteiger partial charge in [-0.2, -0.15) is 4.31 Å². The highest BCUT2D eigenvalue weighted by Gasteiger charge is 2.31. The summed E-state index contributed by atoms with van der Waals surface area (Å²) in [5.74, 6) is -0.395. The fraction of sp³-hybridized carbons (Fsp3) is 0.278. The zero-order chi connectivity index (χ0) is 19.6. The van der Waals surface area contributed by atoms with E-state index in [1.165, 1.54) is 21.7 Å². The van der Waals surface area contributed by atoms with Crippen molar-refractivity contribution in [2.75, 3.05) is 13.1 Å². The molecule has 0 spiro atoms. The van der Waals surface area contributed by atoms with Crippen LogP contribution in [0.3, 0.4) is 0 Å². The molecule has 0 bridgehead atoms. The third kappa shape index (κ3) is 3.86. The van der Waals surface area contributed by atoms with Gasteiger partial charge in [-0.1, -0.05) is 0 Å². The number of thiazole rings is 1. The molecule has 1 aliphatic rings. The molecule has 1 amide bonds. The molecule has 0 unspecified atom stereocenters. The molecule has 28 heavy (non-hydrogen) atoms. The molecule has 0 radical (unpaired) electrons. The summed E-state index contributed by atoms with van der Waals surface area (Å²) in [5.41, 5.74) is 1.78. The van der Waals surface area contributed by atoms with Crippen LogP contribution in [-0.2, 0) is 16.6 Å². The van der Waals surface area contributed by atoms with Gasteiger partial charge >= 0.3 is 0 Å². The number of rotatable bonds is 6. The fourth-order valence-corrected chi connectivity index (χ4v) is 6.59. The van der Waals surface area contributed by atoms with Crippen molar-refractivity contribution >= 4 is 38.6 Å². The standard InChI is InChI=1S/C18H18N4O3S3/c23-18(17-15(5-10-26-17)28(24,25)22-8-1-2-9-22)20-11-16-21-14(12-27-16)13-3-6-19-7-4-13/h3-7,10,12H,1-2,8-9,11H2,(H,20,23). The number of nitrogens with zero attached hydrogens (tertiary/aromatic N) is 3. The van der Waals surface area contributed by atoms with E-state index in [0.717, 1.165) is 40.4 Å². The van der Waals surface area contributed by atoms with Crippen molar-refractivity contribution < 1.29 is 13.2 Å². The Morgan fingerprint density at radius 2 is 1.89 bits per heavy atom. The van der Waals surface area contributed by atoms with Gasteiger partial charge in [0.05, 0.1) is 12.2 Å². The van der Waals surface area contributed by atoms with Crippen molar-refractivity contribution in [3.8, 4) is 11.3 Å².